The molecule has 0 N–H and O–H groups in total. The van der Waals surface area contributed by atoms with E-state index >= 15 is 0 Å². The van der Waals surface area contributed by atoms with Crippen molar-refractivity contribution in [2.45, 2.75) is 6.61 Å². The Balaban J connectivity index is 2.10. The molecule has 0 atom stereocenters. The van der Waals surface area contributed by atoms with Gasteiger partial charge in [0.1, 0.15) is 18.2 Å². The zero-order valence-electron chi connectivity index (χ0n) is 9.82. The van der Waals surface area contributed by atoms with Crippen molar-refractivity contribution in [2.24, 2.45) is 0 Å². The molecule has 0 aliphatic rings. The van der Waals surface area contributed by atoms with E-state index in [4.69, 9.17) is 4.74 Å². The lowest BCUT2D eigenvalue weighted by atomic mass is 9.80. The molecule has 0 aromatic heterocycles. The summed E-state index contributed by atoms with van der Waals surface area (Å²) in [7, 11) is 0. The van der Waals surface area contributed by atoms with Crippen molar-refractivity contribution in [2.75, 3.05) is 0 Å². The summed E-state index contributed by atoms with van der Waals surface area (Å²) in [5.74, 6) is -0.376. The van der Waals surface area contributed by atoms with E-state index < -0.39 is 18.3 Å². The van der Waals surface area contributed by atoms with E-state index in [1.165, 1.54) is 30.3 Å². The zero-order chi connectivity index (χ0) is 13.9. The van der Waals surface area contributed by atoms with Gasteiger partial charge in [0.2, 0.25) is 0 Å². The highest BCUT2D eigenvalue weighted by molar-refractivity contribution is 6.73. The molecule has 0 unspecified atom stereocenters. The number of rotatable bonds is 4. The van der Waals surface area contributed by atoms with Crippen LogP contribution in [0.1, 0.15) is 5.56 Å². The molecule has 100 valence electrons. The summed E-state index contributed by atoms with van der Waals surface area (Å²) in [5, 5.41) is 0. The van der Waals surface area contributed by atoms with E-state index in [1.807, 2.05) is 0 Å². The van der Waals surface area contributed by atoms with E-state index in [-0.39, 0.29) is 12.4 Å². The molecular weight excluding hydrogens is 259 g/mol. The highest BCUT2D eigenvalue weighted by Crippen LogP contribution is 2.16. The Hall–Kier alpha value is -1.98. The van der Waals surface area contributed by atoms with Crippen LogP contribution in [0, 0.1) is 5.82 Å². The van der Waals surface area contributed by atoms with Crippen LogP contribution in [0.4, 0.5) is 17.3 Å². The summed E-state index contributed by atoms with van der Waals surface area (Å²) in [6.45, 7) is -5.17. The first-order chi connectivity index (χ1) is 8.97. The summed E-state index contributed by atoms with van der Waals surface area (Å²) >= 11 is 0. The summed E-state index contributed by atoms with van der Waals surface area (Å²) in [5.41, 5.74) is -0.434. The normalized spacial score (nSPS) is 11.4. The van der Waals surface area contributed by atoms with Crippen molar-refractivity contribution in [1.29, 1.82) is 0 Å². The molecule has 0 heterocycles. The highest BCUT2D eigenvalue weighted by atomic mass is 19.4. The molecule has 0 saturated heterocycles. The molecule has 0 aliphatic carbocycles. The third kappa shape index (κ3) is 3.50. The molecule has 0 amide bonds. The largest absolute Gasteiger partial charge is 0.509 e. The molecule has 2 aromatic rings. The van der Waals surface area contributed by atoms with Gasteiger partial charge in [-0.2, -0.15) is 0 Å². The highest BCUT2D eigenvalue weighted by Gasteiger charge is 2.25. The van der Waals surface area contributed by atoms with Gasteiger partial charge < -0.3 is 17.7 Å². The fraction of sp³-hybridized carbons (Fsp3) is 0.0769. The molecule has 0 fully saturated rings. The lowest BCUT2D eigenvalue weighted by Crippen LogP contribution is -2.33. The van der Waals surface area contributed by atoms with Crippen LogP contribution in [-0.2, 0) is 6.61 Å². The second-order valence-corrected chi connectivity index (χ2v) is 4.03. The van der Waals surface area contributed by atoms with Gasteiger partial charge in [0.25, 0.3) is 0 Å². The number of benzene rings is 2. The Bertz CT molecular complexity index is 569. The Kier molecular flexibility index (Phi) is 3.78. The van der Waals surface area contributed by atoms with Crippen molar-refractivity contribution in [3.8, 4) is 5.75 Å². The minimum absolute atomic E-state index is 0.0694. The van der Waals surface area contributed by atoms with Crippen LogP contribution >= 0.6 is 0 Å². The van der Waals surface area contributed by atoms with Gasteiger partial charge in [-0.3, -0.25) is 0 Å². The molecule has 19 heavy (non-hydrogen) atoms. The summed E-state index contributed by atoms with van der Waals surface area (Å²) in [4.78, 5) is 0. The maximum Gasteiger partial charge on any atom is 0.509 e. The fourth-order valence-electron chi connectivity index (χ4n) is 1.58. The van der Waals surface area contributed by atoms with E-state index in [0.717, 1.165) is 12.1 Å². The zero-order valence-corrected chi connectivity index (χ0v) is 9.82. The lowest BCUT2D eigenvalue weighted by molar-refractivity contribution is 0.300. The van der Waals surface area contributed by atoms with E-state index in [2.05, 4.69) is 0 Å². The van der Waals surface area contributed by atoms with Crippen LogP contribution in [0.15, 0.2) is 48.5 Å². The van der Waals surface area contributed by atoms with Gasteiger partial charge in [-0.1, -0.05) is 30.3 Å². The second kappa shape index (κ2) is 5.34. The van der Waals surface area contributed by atoms with E-state index in [1.54, 1.807) is 6.07 Å². The Morgan fingerprint density at radius 2 is 1.68 bits per heavy atom. The molecule has 6 heteroatoms. The van der Waals surface area contributed by atoms with Crippen LogP contribution in [0.3, 0.4) is 0 Å². The molecular formula is C13H10BF4O-. The third-order valence-corrected chi connectivity index (χ3v) is 2.59. The number of ether oxygens (including phenoxy) is 1. The van der Waals surface area contributed by atoms with Crippen LogP contribution in [0.25, 0.3) is 0 Å². The Morgan fingerprint density at radius 3 is 2.37 bits per heavy atom. The van der Waals surface area contributed by atoms with Crippen LogP contribution in [0.5, 0.6) is 5.75 Å². The number of hydrogen-bond donors (Lipinski definition) is 0. The topological polar surface area (TPSA) is 9.23 Å². The lowest BCUT2D eigenvalue weighted by Gasteiger charge is -2.16. The van der Waals surface area contributed by atoms with Gasteiger partial charge in [0, 0.05) is 5.56 Å². The predicted octanol–water partition coefficient (Wildman–Crippen LogP) is 3.46. The van der Waals surface area contributed by atoms with Crippen molar-refractivity contribution in [3.05, 3.63) is 59.9 Å². The molecule has 1 nitrogen and oxygen atoms in total. The van der Waals surface area contributed by atoms with Crippen molar-refractivity contribution >= 4 is 12.4 Å². The molecule has 2 aromatic carbocycles. The molecule has 0 radical (unpaired) electrons. The minimum Gasteiger partial charge on any atom is -0.489 e. The van der Waals surface area contributed by atoms with Gasteiger partial charge in [-0.05, 0) is 18.2 Å². The predicted molar refractivity (Wildman–Crippen MR) is 65.9 cm³/mol. The van der Waals surface area contributed by atoms with Crippen molar-refractivity contribution < 1.29 is 22.1 Å². The van der Waals surface area contributed by atoms with Gasteiger partial charge in [-0.15, -0.1) is 5.46 Å². The first-order valence-electron chi connectivity index (χ1n) is 5.63. The van der Waals surface area contributed by atoms with Gasteiger partial charge in [0.15, 0.2) is 0 Å². The molecule has 0 saturated carbocycles. The Morgan fingerprint density at radius 1 is 0.947 bits per heavy atom. The maximum atomic E-state index is 13.3. The molecule has 0 aliphatic heterocycles. The first kappa shape index (κ1) is 13.5. The number of halogens is 4. The molecule has 2 rings (SSSR count). The van der Waals surface area contributed by atoms with Crippen LogP contribution in [-0.4, -0.2) is 6.98 Å². The minimum atomic E-state index is -5.06. The Labute approximate surface area is 107 Å². The van der Waals surface area contributed by atoms with Crippen LogP contribution < -0.4 is 10.2 Å². The van der Waals surface area contributed by atoms with Gasteiger partial charge in [-0.25, -0.2) is 4.39 Å². The van der Waals surface area contributed by atoms with Crippen molar-refractivity contribution in [3.63, 3.8) is 0 Å². The van der Waals surface area contributed by atoms with E-state index in [9.17, 15) is 17.3 Å². The average molecular weight is 269 g/mol. The maximum absolute atomic E-state index is 13.3. The quantitative estimate of drug-likeness (QED) is 0.610. The standard InChI is InChI=1S/C13H10BF4O/c15-13-7-2-1-4-10(13)9-19-12-6-3-5-11(8-12)14(16,17)18/h1-8H,9H2/q-1. The van der Waals surface area contributed by atoms with E-state index in [0.29, 0.717) is 5.56 Å². The van der Waals surface area contributed by atoms with Crippen molar-refractivity contribution in [1.82, 2.24) is 0 Å². The SMILES string of the molecule is Fc1ccccc1COc1cccc([B-](F)(F)F)c1. The number of hydrogen-bond acceptors (Lipinski definition) is 1. The van der Waals surface area contributed by atoms with Crippen LogP contribution in [0.2, 0.25) is 0 Å². The third-order valence-electron chi connectivity index (χ3n) is 2.59. The summed E-state index contributed by atoms with van der Waals surface area (Å²) in [6, 6.07) is 10.5. The monoisotopic (exact) mass is 269 g/mol. The van der Waals surface area contributed by atoms with Gasteiger partial charge in [0.05, 0.1) is 0 Å². The first-order valence-corrected chi connectivity index (χ1v) is 5.63. The fourth-order valence-corrected chi connectivity index (χ4v) is 1.58. The summed E-state index contributed by atoms with van der Waals surface area (Å²) < 4.78 is 56.1. The smallest absolute Gasteiger partial charge is 0.489 e. The molecule has 0 spiro atoms. The second-order valence-electron chi connectivity index (χ2n) is 4.03. The van der Waals surface area contributed by atoms with Gasteiger partial charge >= 0.3 is 6.98 Å². The summed E-state index contributed by atoms with van der Waals surface area (Å²) in [6.07, 6.45) is 0. The average Bonchev–Trinajstić information content (AvgIpc) is 2.37. The molecule has 0 bridgehead atoms.